The van der Waals surface area contributed by atoms with Crippen molar-refractivity contribution in [1.82, 2.24) is 4.57 Å². The van der Waals surface area contributed by atoms with Gasteiger partial charge in [-0.15, -0.1) is 0 Å². The van der Waals surface area contributed by atoms with Crippen molar-refractivity contribution in [3.63, 3.8) is 0 Å². The summed E-state index contributed by atoms with van der Waals surface area (Å²) < 4.78 is 6.66. The van der Waals surface area contributed by atoms with Crippen molar-refractivity contribution < 1.29 is 14.3 Å². The van der Waals surface area contributed by atoms with Gasteiger partial charge in [0, 0.05) is 12.6 Å². The second kappa shape index (κ2) is 4.87. The summed E-state index contributed by atoms with van der Waals surface area (Å²) in [5.74, 6) is 0.496. The van der Waals surface area contributed by atoms with Crippen LogP contribution in [0.2, 0.25) is 0 Å². The smallest absolute Gasteiger partial charge is 0.209 e. The molecule has 0 saturated carbocycles. The van der Waals surface area contributed by atoms with Crippen molar-refractivity contribution in [2.45, 2.75) is 0 Å². The van der Waals surface area contributed by atoms with E-state index in [1.165, 1.54) is 0 Å². The van der Waals surface area contributed by atoms with Crippen LogP contribution in [0.15, 0.2) is 36.4 Å². The molecule has 0 fully saturated rings. The largest absolute Gasteiger partial charge is 0.497 e. The van der Waals surface area contributed by atoms with Crippen LogP contribution in [0.3, 0.4) is 0 Å². The van der Waals surface area contributed by atoms with Gasteiger partial charge >= 0.3 is 0 Å². The van der Waals surface area contributed by atoms with Gasteiger partial charge in [-0.2, -0.15) is 0 Å². The van der Waals surface area contributed by atoms with Crippen LogP contribution in [0.25, 0.3) is 0 Å². The van der Waals surface area contributed by atoms with E-state index in [0.29, 0.717) is 22.7 Å². The second-order valence-corrected chi connectivity index (χ2v) is 3.88. The molecule has 1 aromatic carbocycles. The number of benzene rings is 1. The number of aldehydes is 1. The van der Waals surface area contributed by atoms with Gasteiger partial charge in [0.25, 0.3) is 0 Å². The maximum atomic E-state index is 12.3. The average molecular weight is 243 g/mol. The number of nitrogens with zero attached hydrogens (tertiary/aromatic N) is 1. The predicted molar refractivity (Wildman–Crippen MR) is 67.2 cm³/mol. The van der Waals surface area contributed by atoms with Gasteiger partial charge in [-0.1, -0.05) is 12.1 Å². The van der Waals surface area contributed by atoms with E-state index in [-0.39, 0.29) is 5.78 Å². The van der Waals surface area contributed by atoms with Crippen molar-refractivity contribution in [1.29, 1.82) is 0 Å². The SMILES string of the molecule is COc1cccc(C(=O)c2ccc(C=O)n2C)c1. The van der Waals surface area contributed by atoms with E-state index in [9.17, 15) is 9.59 Å². The molecule has 0 N–H and O–H groups in total. The Labute approximate surface area is 105 Å². The summed E-state index contributed by atoms with van der Waals surface area (Å²) in [7, 11) is 3.24. The summed E-state index contributed by atoms with van der Waals surface area (Å²) in [5.41, 5.74) is 1.49. The number of hydrogen-bond acceptors (Lipinski definition) is 3. The molecule has 0 atom stereocenters. The first-order valence-corrected chi connectivity index (χ1v) is 5.47. The molecule has 4 heteroatoms. The summed E-state index contributed by atoms with van der Waals surface area (Å²) in [6.07, 6.45) is 0.725. The molecule has 0 bridgehead atoms. The Morgan fingerprint density at radius 2 is 2.06 bits per heavy atom. The fourth-order valence-corrected chi connectivity index (χ4v) is 1.79. The molecule has 0 amide bonds. The highest BCUT2D eigenvalue weighted by atomic mass is 16.5. The maximum Gasteiger partial charge on any atom is 0.209 e. The third kappa shape index (κ3) is 2.05. The van der Waals surface area contributed by atoms with E-state index in [1.807, 2.05) is 0 Å². The molecule has 0 spiro atoms. The minimum absolute atomic E-state index is 0.135. The topological polar surface area (TPSA) is 48.3 Å². The Kier molecular flexibility index (Phi) is 3.28. The number of carbonyl (C=O) groups excluding carboxylic acids is 2. The van der Waals surface area contributed by atoms with Crippen molar-refractivity contribution in [3.8, 4) is 5.75 Å². The summed E-state index contributed by atoms with van der Waals surface area (Å²) in [6.45, 7) is 0. The van der Waals surface area contributed by atoms with Gasteiger partial charge in [0.15, 0.2) is 6.29 Å². The van der Waals surface area contributed by atoms with Crippen LogP contribution in [0.4, 0.5) is 0 Å². The van der Waals surface area contributed by atoms with Crippen LogP contribution in [0, 0.1) is 0 Å². The lowest BCUT2D eigenvalue weighted by Gasteiger charge is -2.05. The molecule has 0 aliphatic rings. The van der Waals surface area contributed by atoms with Crippen molar-refractivity contribution in [2.24, 2.45) is 7.05 Å². The molecular formula is C14H13NO3. The minimum Gasteiger partial charge on any atom is -0.497 e. The van der Waals surface area contributed by atoms with Gasteiger partial charge in [-0.3, -0.25) is 9.59 Å². The molecule has 0 saturated heterocycles. The van der Waals surface area contributed by atoms with Crippen molar-refractivity contribution >= 4 is 12.1 Å². The highest BCUT2D eigenvalue weighted by Gasteiger charge is 2.14. The molecule has 2 rings (SSSR count). The number of ketones is 1. The summed E-state index contributed by atoms with van der Waals surface area (Å²) >= 11 is 0. The van der Waals surface area contributed by atoms with Gasteiger partial charge in [0.2, 0.25) is 5.78 Å². The maximum absolute atomic E-state index is 12.3. The van der Waals surface area contributed by atoms with E-state index < -0.39 is 0 Å². The fourth-order valence-electron chi connectivity index (χ4n) is 1.79. The molecule has 92 valence electrons. The molecule has 1 heterocycles. The highest BCUT2D eigenvalue weighted by molar-refractivity contribution is 6.08. The molecule has 0 aliphatic heterocycles. The van der Waals surface area contributed by atoms with Crippen LogP contribution in [0.5, 0.6) is 5.75 Å². The number of ether oxygens (including phenoxy) is 1. The third-order valence-electron chi connectivity index (χ3n) is 2.85. The van der Waals surface area contributed by atoms with Crippen LogP contribution >= 0.6 is 0 Å². The van der Waals surface area contributed by atoms with E-state index in [2.05, 4.69) is 0 Å². The van der Waals surface area contributed by atoms with Crippen LogP contribution in [-0.2, 0) is 7.05 Å². The van der Waals surface area contributed by atoms with E-state index in [0.717, 1.165) is 6.29 Å². The molecule has 1 aromatic heterocycles. The first kappa shape index (κ1) is 12.1. The van der Waals surface area contributed by atoms with E-state index in [4.69, 9.17) is 4.74 Å². The zero-order valence-electron chi connectivity index (χ0n) is 10.2. The lowest BCUT2D eigenvalue weighted by atomic mass is 10.1. The number of methoxy groups -OCH3 is 1. The van der Waals surface area contributed by atoms with Crippen LogP contribution < -0.4 is 4.74 Å². The zero-order chi connectivity index (χ0) is 13.1. The van der Waals surface area contributed by atoms with E-state index >= 15 is 0 Å². The Morgan fingerprint density at radius 3 is 2.67 bits per heavy atom. The molecule has 0 radical (unpaired) electrons. The Balaban J connectivity index is 2.41. The van der Waals surface area contributed by atoms with Gasteiger partial charge in [-0.05, 0) is 24.3 Å². The molecule has 4 nitrogen and oxygen atoms in total. The highest BCUT2D eigenvalue weighted by Crippen LogP contribution is 2.17. The van der Waals surface area contributed by atoms with Crippen molar-refractivity contribution in [2.75, 3.05) is 7.11 Å². The molecule has 18 heavy (non-hydrogen) atoms. The van der Waals surface area contributed by atoms with Gasteiger partial charge < -0.3 is 9.30 Å². The average Bonchev–Trinajstić information content (AvgIpc) is 2.79. The minimum atomic E-state index is -0.135. The van der Waals surface area contributed by atoms with Crippen LogP contribution in [-0.4, -0.2) is 23.7 Å². The normalized spacial score (nSPS) is 10.1. The zero-order valence-corrected chi connectivity index (χ0v) is 10.2. The van der Waals surface area contributed by atoms with Gasteiger partial charge in [0.1, 0.15) is 5.75 Å². The van der Waals surface area contributed by atoms with Gasteiger partial charge in [0.05, 0.1) is 18.5 Å². The molecule has 0 aliphatic carbocycles. The quantitative estimate of drug-likeness (QED) is 0.610. The second-order valence-electron chi connectivity index (χ2n) is 3.88. The lowest BCUT2D eigenvalue weighted by Crippen LogP contribution is -2.09. The number of hydrogen-bond donors (Lipinski definition) is 0. The first-order chi connectivity index (χ1) is 8.67. The third-order valence-corrected chi connectivity index (χ3v) is 2.85. The van der Waals surface area contributed by atoms with Crippen LogP contribution in [0.1, 0.15) is 26.5 Å². The summed E-state index contributed by atoms with van der Waals surface area (Å²) in [5, 5.41) is 0. The summed E-state index contributed by atoms with van der Waals surface area (Å²) in [4.78, 5) is 23.0. The molecule has 0 unspecified atom stereocenters. The lowest BCUT2D eigenvalue weighted by molar-refractivity contribution is 0.103. The Morgan fingerprint density at radius 1 is 1.28 bits per heavy atom. The number of rotatable bonds is 4. The summed E-state index contributed by atoms with van der Waals surface area (Å²) in [6, 6.07) is 10.2. The standard InChI is InChI=1S/C14H13NO3/c1-15-11(9-16)6-7-13(15)14(17)10-4-3-5-12(8-10)18-2/h3-9H,1-2H3. The van der Waals surface area contributed by atoms with E-state index in [1.54, 1.807) is 55.1 Å². The fraction of sp³-hybridized carbons (Fsp3) is 0.143. The number of carbonyl (C=O) groups is 2. The van der Waals surface area contributed by atoms with Crippen molar-refractivity contribution in [3.05, 3.63) is 53.3 Å². The molecular weight excluding hydrogens is 230 g/mol. The Hall–Kier alpha value is -2.36. The number of aromatic nitrogens is 1. The Bertz CT molecular complexity index is 599. The first-order valence-electron chi connectivity index (χ1n) is 5.47. The monoisotopic (exact) mass is 243 g/mol. The van der Waals surface area contributed by atoms with Gasteiger partial charge in [-0.25, -0.2) is 0 Å². The predicted octanol–water partition coefficient (Wildman–Crippen LogP) is 2.08. The molecule has 2 aromatic rings.